The van der Waals surface area contributed by atoms with Crippen LogP contribution in [0.5, 0.6) is 0 Å². The summed E-state index contributed by atoms with van der Waals surface area (Å²) in [6.45, 7) is 6.78. The van der Waals surface area contributed by atoms with Gasteiger partial charge in [0, 0.05) is 19.3 Å². The van der Waals surface area contributed by atoms with Gasteiger partial charge >= 0.3 is 0 Å². The first-order chi connectivity index (χ1) is 7.66. The minimum atomic E-state index is -0.357. The SMILES string of the molecule is CC.Cc1ccc(C(=O)N2CC(O)C2)nc1. The molecule has 0 spiro atoms. The molecule has 4 nitrogen and oxygen atoms in total. The zero-order chi connectivity index (χ0) is 12.1. The highest BCUT2D eigenvalue weighted by atomic mass is 16.3. The molecule has 0 aromatic carbocycles. The van der Waals surface area contributed by atoms with E-state index in [0.717, 1.165) is 5.56 Å². The molecule has 1 aliphatic heterocycles. The predicted molar refractivity (Wildman–Crippen MR) is 62.2 cm³/mol. The van der Waals surface area contributed by atoms with Crippen LogP contribution in [0, 0.1) is 6.92 Å². The largest absolute Gasteiger partial charge is 0.389 e. The lowest BCUT2D eigenvalue weighted by molar-refractivity contribution is 0.00550. The Morgan fingerprint density at radius 1 is 1.44 bits per heavy atom. The van der Waals surface area contributed by atoms with Gasteiger partial charge < -0.3 is 10.0 Å². The molecule has 1 fully saturated rings. The highest BCUT2D eigenvalue weighted by molar-refractivity contribution is 5.92. The Morgan fingerprint density at radius 3 is 2.50 bits per heavy atom. The van der Waals surface area contributed by atoms with Gasteiger partial charge in [-0.05, 0) is 18.6 Å². The first kappa shape index (κ1) is 12.6. The molecule has 0 unspecified atom stereocenters. The lowest BCUT2D eigenvalue weighted by Gasteiger charge is -2.35. The van der Waals surface area contributed by atoms with Gasteiger partial charge in [0.05, 0.1) is 6.10 Å². The number of carbonyl (C=O) groups is 1. The summed E-state index contributed by atoms with van der Waals surface area (Å²) in [6.07, 6.45) is 1.31. The molecule has 0 atom stereocenters. The van der Waals surface area contributed by atoms with Crippen molar-refractivity contribution in [1.82, 2.24) is 9.88 Å². The van der Waals surface area contributed by atoms with E-state index in [4.69, 9.17) is 5.11 Å². The first-order valence-electron chi connectivity index (χ1n) is 5.57. The fourth-order valence-corrected chi connectivity index (χ4v) is 1.38. The lowest BCUT2D eigenvalue weighted by atomic mass is 10.1. The zero-order valence-electron chi connectivity index (χ0n) is 9.97. The second kappa shape index (κ2) is 5.61. The Balaban J connectivity index is 0.000000606. The van der Waals surface area contributed by atoms with Crippen molar-refractivity contribution in [3.05, 3.63) is 29.6 Å². The van der Waals surface area contributed by atoms with E-state index >= 15 is 0 Å². The van der Waals surface area contributed by atoms with E-state index in [-0.39, 0.29) is 12.0 Å². The van der Waals surface area contributed by atoms with Crippen molar-refractivity contribution < 1.29 is 9.90 Å². The van der Waals surface area contributed by atoms with Crippen LogP contribution in [0.1, 0.15) is 29.9 Å². The topological polar surface area (TPSA) is 53.4 Å². The number of aliphatic hydroxyl groups excluding tert-OH is 1. The van der Waals surface area contributed by atoms with Crippen molar-refractivity contribution >= 4 is 5.91 Å². The van der Waals surface area contributed by atoms with E-state index in [0.29, 0.717) is 18.8 Å². The molecular weight excluding hydrogens is 204 g/mol. The third kappa shape index (κ3) is 2.79. The summed E-state index contributed by atoms with van der Waals surface area (Å²) in [6, 6.07) is 3.57. The minimum absolute atomic E-state index is 0.102. The third-order valence-corrected chi connectivity index (χ3v) is 2.28. The molecule has 0 saturated carbocycles. The fourth-order valence-electron chi connectivity index (χ4n) is 1.38. The minimum Gasteiger partial charge on any atom is -0.389 e. The van der Waals surface area contributed by atoms with Gasteiger partial charge in [0.2, 0.25) is 0 Å². The number of aliphatic hydroxyl groups is 1. The molecular formula is C12H18N2O2. The number of rotatable bonds is 1. The Labute approximate surface area is 95.9 Å². The van der Waals surface area contributed by atoms with Crippen LogP contribution in [-0.4, -0.2) is 40.1 Å². The summed E-state index contributed by atoms with van der Waals surface area (Å²) in [5.41, 5.74) is 1.48. The number of pyridine rings is 1. The Kier molecular flexibility index (Phi) is 4.43. The quantitative estimate of drug-likeness (QED) is 0.777. The number of likely N-dealkylation sites (tertiary alicyclic amines) is 1. The van der Waals surface area contributed by atoms with Gasteiger partial charge in [-0.25, -0.2) is 0 Å². The van der Waals surface area contributed by atoms with E-state index in [2.05, 4.69) is 4.98 Å². The average Bonchev–Trinajstić information content (AvgIpc) is 2.28. The number of aromatic nitrogens is 1. The summed E-state index contributed by atoms with van der Waals surface area (Å²) in [5, 5.41) is 9.04. The number of carbonyl (C=O) groups excluding carboxylic acids is 1. The molecule has 2 rings (SSSR count). The summed E-state index contributed by atoms with van der Waals surface area (Å²) in [4.78, 5) is 17.3. The van der Waals surface area contributed by atoms with Crippen LogP contribution in [0.15, 0.2) is 18.3 Å². The van der Waals surface area contributed by atoms with Crippen molar-refractivity contribution in [2.24, 2.45) is 0 Å². The first-order valence-corrected chi connectivity index (χ1v) is 5.57. The maximum atomic E-state index is 11.6. The van der Waals surface area contributed by atoms with Gasteiger partial charge in [0.15, 0.2) is 0 Å². The maximum Gasteiger partial charge on any atom is 0.272 e. The van der Waals surface area contributed by atoms with Crippen LogP contribution in [0.4, 0.5) is 0 Å². The second-order valence-electron chi connectivity index (χ2n) is 3.58. The third-order valence-electron chi connectivity index (χ3n) is 2.28. The number of nitrogens with zero attached hydrogens (tertiary/aromatic N) is 2. The van der Waals surface area contributed by atoms with Crippen molar-refractivity contribution in [2.45, 2.75) is 26.9 Å². The van der Waals surface area contributed by atoms with Crippen LogP contribution in [0.25, 0.3) is 0 Å². The van der Waals surface area contributed by atoms with Crippen LogP contribution >= 0.6 is 0 Å². The van der Waals surface area contributed by atoms with Crippen molar-refractivity contribution in [2.75, 3.05) is 13.1 Å². The molecule has 2 heterocycles. The van der Waals surface area contributed by atoms with Crippen LogP contribution < -0.4 is 0 Å². The average molecular weight is 222 g/mol. The highest BCUT2D eigenvalue weighted by Gasteiger charge is 2.29. The van der Waals surface area contributed by atoms with Gasteiger partial charge in [0.25, 0.3) is 5.91 Å². The number of β-amino-alcohol motifs (C(OH)–C–C–N with tert-alkyl or cyclic N) is 1. The maximum absolute atomic E-state index is 11.6. The van der Waals surface area contributed by atoms with Crippen molar-refractivity contribution in [3.8, 4) is 0 Å². The standard InChI is InChI=1S/C10H12N2O2.C2H6/c1-7-2-3-9(11-4-7)10(14)12-5-8(13)6-12;1-2/h2-4,8,13H,5-6H2,1H3;1-2H3. The van der Waals surface area contributed by atoms with Crippen molar-refractivity contribution in [1.29, 1.82) is 0 Å². The lowest BCUT2D eigenvalue weighted by Crippen LogP contribution is -2.53. The van der Waals surface area contributed by atoms with Crippen LogP contribution in [0.2, 0.25) is 0 Å². The molecule has 0 aliphatic carbocycles. The number of aryl methyl sites for hydroxylation is 1. The van der Waals surface area contributed by atoms with E-state index in [1.165, 1.54) is 0 Å². The monoisotopic (exact) mass is 222 g/mol. The summed E-state index contributed by atoms with van der Waals surface area (Å²) in [5.74, 6) is -0.102. The Morgan fingerprint density at radius 2 is 2.06 bits per heavy atom. The van der Waals surface area contributed by atoms with E-state index < -0.39 is 0 Å². The van der Waals surface area contributed by atoms with Gasteiger partial charge in [-0.1, -0.05) is 19.9 Å². The molecule has 1 aromatic heterocycles. The molecule has 1 aliphatic rings. The van der Waals surface area contributed by atoms with Gasteiger partial charge in [0.1, 0.15) is 5.69 Å². The van der Waals surface area contributed by atoms with Crippen LogP contribution in [-0.2, 0) is 0 Å². The number of hydrogen-bond acceptors (Lipinski definition) is 3. The number of hydrogen-bond donors (Lipinski definition) is 1. The van der Waals surface area contributed by atoms with Gasteiger partial charge in [-0.2, -0.15) is 0 Å². The summed E-state index contributed by atoms with van der Waals surface area (Å²) < 4.78 is 0. The molecule has 4 heteroatoms. The molecule has 88 valence electrons. The molecule has 0 radical (unpaired) electrons. The second-order valence-corrected chi connectivity index (χ2v) is 3.58. The van der Waals surface area contributed by atoms with E-state index in [9.17, 15) is 4.79 Å². The van der Waals surface area contributed by atoms with Gasteiger partial charge in [-0.15, -0.1) is 0 Å². The van der Waals surface area contributed by atoms with Gasteiger partial charge in [-0.3, -0.25) is 9.78 Å². The van der Waals surface area contributed by atoms with Crippen LogP contribution in [0.3, 0.4) is 0 Å². The Hall–Kier alpha value is -1.42. The summed E-state index contributed by atoms with van der Waals surface area (Å²) >= 11 is 0. The predicted octanol–water partition coefficient (Wildman–Crippen LogP) is 1.23. The molecule has 1 saturated heterocycles. The fraction of sp³-hybridized carbons (Fsp3) is 0.500. The van der Waals surface area contributed by atoms with E-state index in [1.54, 1.807) is 17.2 Å². The zero-order valence-corrected chi connectivity index (χ0v) is 9.97. The molecule has 16 heavy (non-hydrogen) atoms. The van der Waals surface area contributed by atoms with Crippen molar-refractivity contribution in [3.63, 3.8) is 0 Å². The Bertz CT molecular complexity index is 343. The van der Waals surface area contributed by atoms with E-state index in [1.807, 2.05) is 26.8 Å². The summed E-state index contributed by atoms with van der Waals surface area (Å²) in [7, 11) is 0. The highest BCUT2D eigenvalue weighted by Crippen LogP contribution is 2.11. The normalized spacial score (nSPS) is 14.9. The number of amides is 1. The smallest absolute Gasteiger partial charge is 0.272 e. The molecule has 1 aromatic rings. The molecule has 1 amide bonds. The molecule has 1 N–H and O–H groups in total. The molecule has 0 bridgehead atoms.